The molecular formula is C26H21ClN2O4. The minimum Gasteiger partial charge on any atom is -0.329 e. The minimum absolute atomic E-state index is 0.159. The minimum atomic E-state index is -0.619. The van der Waals surface area contributed by atoms with E-state index in [1.54, 1.807) is 36.4 Å². The Labute approximate surface area is 196 Å². The van der Waals surface area contributed by atoms with E-state index in [-0.39, 0.29) is 17.0 Å². The number of imide groups is 1. The average molecular weight is 461 g/mol. The van der Waals surface area contributed by atoms with Crippen LogP contribution in [0.5, 0.6) is 0 Å². The summed E-state index contributed by atoms with van der Waals surface area (Å²) in [6.07, 6.45) is 0. The van der Waals surface area contributed by atoms with Gasteiger partial charge in [-0.15, -0.1) is 0 Å². The Hall–Kier alpha value is -3.48. The lowest BCUT2D eigenvalue weighted by Crippen LogP contribution is -2.36. The molecule has 2 atom stereocenters. The van der Waals surface area contributed by atoms with E-state index in [1.165, 1.54) is 0 Å². The zero-order chi connectivity index (χ0) is 22.9. The van der Waals surface area contributed by atoms with Crippen molar-refractivity contribution in [1.29, 1.82) is 0 Å². The van der Waals surface area contributed by atoms with Crippen molar-refractivity contribution >= 4 is 29.4 Å². The van der Waals surface area contributed by atoms with Crippen LogP contribution in [-0.4, -0.2) is 40.8 Å². The zero-order valence-corrected chi connectivity index (χ0v) is 18.4. The molecule has 0 radical (unpaired) electrons. The second-order valence-corrected chi connectivity index (χ2v) is 8.74. The molecule has 2 amide bonds. The maximum absolute atomic E-state index is 13.3. The maximum Gasteiger partial charge on any atom is 0.338 e. The molecule has 2 aliphatic rings. The van der Waals surface area contributed by atoms with Crippen LogP contribution < -0.4 is 0 Å². The summed E-state index contributed by atoms with van der Waals surface area (Å²) >= 11 is 6.06. The number of fused-ring (bicyclic) bond motifs is 1. The number of carbonyl (C=O) groups is 3. The van der Waals surface area contributed by atoms with Crippen molar-refractivity contribution in [3.8, 4) is 0 Å². The van der Waals surface area contributed by atoms with Gasteiger partial charge in [0.05, 0.1) is 17.0 Å². The molecule has 166 valence electrons. The lowest BCUT2D eigenvalue weighted by atomic mass is 9.89. The van der Waals surface area contributed by atoms with Crippen LogP contribution in [0.25, 0.3) is 0 Å². The molecule has 3 aromatic carbocycles. The molecule has 0 bridgehead atoms. The number of hydroxylamine groups is 2. The maximum atomic E-state index is 13.3. The van der Waals surface area contributed by atoms with Gasteiger partial charge in [0.15, 0.2) is 0 Å². The van der Waals surface area contributed by atoms with Crippen LogP contribution in [0.2, 0.25) is 5.02 Å². The summed E-state index contributed by atoms with van der Waals surface area (Å²) < 4.78 is 0. The molecule has 2 heterocycles. The SMILES string of the molecule is O=C(ON1C(=O)c2ccccc2C1=O)[C@@H]1CN(Cc2ccccc2)C[C@H]1c1ccc(Cl)cc1. The van der Waals surface area contributed by atoms with Crippen LogP contribution in [0, 0.1) is 5.92 Å². The highest BCUT2D eigenvalue weighted by molar-refractivity contribution is 6.30. The first-order valence-corrected chi connectivity index (χ1v) is 11.1. The molecule has 0 aromatic heterocycles. The molecule has 2 aliphatic heterocycles. The average Bonchev–Trinajstić information content (AvgIpc) is 3.35. The molecule has 0 aliphatic carbocycles. The molecule has 0 saturated carbocycles. The predicted octanol–water partition coefficient (Wildman–Crippen LogP) is 4.31. The largest absolute Gasteiger partial charge is 0.338 e. The van der Waals surface area contributed by atoms with Crippen LogP contribution in [0.15, 0.2) is 78.9 Å². The summed E-state index contributed by atoms with van der Waals surface area (Å²) in [6.45, 7) is 1.77. The van der Waals surface area contributed by atoms with Gasteiger partial charge in [-0.05, 0) is 35.4 Å². The highest BCUT2D eigenvalue weighted by Crippen LogP contribution is 2.36. The van der Waals surface area contributed by atoms with Crippen molar-refractivity contribution < 1.29 is 19.2 Å². The van der Waals surface area contributed by atoms with E-state index in [2.05, 4.69) is 4.90 Å². The van der Waals surface area contributed by atoms with Crippen molar-refractivity contribution in [3.63, 3.8) is 0 Å². The van der Waals surface area contributed by atoms with Crippen molar-refractivity contribution in [1.82, 2.24) is 9.96 Å². The van der Waals surface area contributed by atoms with Crippen LogP contribution in [-0.2, 0) is 16.2 Å². The van der Waals surface area contributed by atoms with Crippen molar-refractivity contribution in [2.75, 3.05) is 13.1 Å². The number of nitrogens with zero attached hydrogens (tertiary/aromatic N) is 2. The number of hydrogen-bond acceptors (Lipinski definition) is 5. The van der Waals surface area contributed by atoms with Crippen molar-refractivity contribution in [3.05, 3.63) is 106 Å². The fourth-order valence-electron chi connectivity index (χ4n) is 4.55. The Morgan fingerprint density at radius 2 is 1.45 bits per heavy atom. The summed E-state index contributed by atoms with van der Waals surface area (Å²) in [6, 6.07) is 23.9. The fraction of sp³-hybridized carbons (Fsp3) is 0.192. The predicted molar refractivity (Wildman–Crippen MR) is 122 cm³/mol. The van der Waals surface area contributed by atoms with E-state index in [4.69, 9.17) is 16.4 Å². The van der Waals surface area contributed by atoms with Crippen LogP contribution >= 0.6 is 11.6 Å². The first kappa shape index (κ1) is 21.4. The molecule has 1 saturated heterocycles. The van der Waals surface area contributed by atoms with Crippen molar-refractivity contribution in [2.45, 2.75) is 12.5 Å². The quantitative estimate of drug-likeness (QED) is 0.531. The zero-order valence-electron chi connectivity index (χ0n) is 17.7. The molecule has 6 nitrogen and oxygen atoms in total. The van der Waals surface area contributed by atoms with E-state index < -0.39 is 23.7 Å². The number of benzene rings is 3. The third-order valence-electron chi connectivity index (χ3n) is 6.18. The first-order valence-electron chi connectivity index (χ1n) is 10.7. The van der Waals surface area contributed by atoms with Crippen LogP contribution in [0.3, 0.4) is 0 Å². The smallest absolute Gasteiger partial charge is 0.329 e. The number of carbonyl (C=O) groups excluding carboxylic acids is 3. The van der Waals surface area contributed by atoms with E-state index in [0.717, 1.165) is 11.1 Å². The van der Waals surface area contributed by atoms with Gasteiger partial charge in [0, 0.05) is 30.6 Å². The van der Waals surface area contributed by atoms with Crippen LogP contribution in [0.4, 0.5) is 0 Å². The molecular weight excluding hydrogens is 440 g/mol. The standard InChI is InChI=1S/C26H21ClN2O4/c27-19-12-10-18(11-13-19)22-15-28(14-17-6-2-1-3-7-17)16-23(22)26(32)33-29-24(30)20-8-4-5-9-21(20)25(29)31/h1-13,22-23H,14-16H2/t22-,23+/m0/s1. The van der Waals surface area contributed by atoms with Gasteiger partial charge in [-0.1, -0.05) is 71.3 Å². The molecule has 0 N–H and O–H groups in total. The summed E-state index contributed by atoms with van der Waals surface area (Å²) in [7, 11) is 0. The van der Waals surface area contributed by atoms with E-state index in [1.807, 2.05) is 42.5 Å². The third kappa shape index (κ3) is 4.15. The number of rotatable bonds is 5. The van der Waals surface area contributed by atoms with Gasteiger partial charge in [0.25, 0.3) is 11.8 Å². The first-order chi connectivity index (χ1) is 16.0. The van der Waals surface area contributed by atoms with E-state index in [0.29, 0.717) is 29.7 Å². The Kier molecular flexibility index (Phi) is 5.70. The summed E-state index contributed by atoms with van der Waals surface area (Å²) in [5, 5.41) is 1.20. The number of halogens is 1. The molecule has 0 spiro atoms. The topological polar surface area (TPSA) is 66.9 Å². The second-order valence-electron chi connectivity index (χ2n) is 8.30. The highest BCUT2D eigenvalue weighted by Gasteiger charge is 2.44. The number of amides is 2. The summed E-state index contributed by atoms with van der Waals surface area (Å²) in [5.41, 5.74) is 2.57. The van der Waals surface area contributed by atoms with Gasteiger partial charge in [-0.3, -0.25) is 14.5 Å². The van der Waals surface area contributed by atoms with Gasteiger partial charge >= 0.3 is 5.97 Å². The molecule has 1 fully saturated rings. The summed E-state index contributed by atoms with van der Waals surface area (Å²) in [4.78, 5) is 46.2. The third-order valence-corrected chi connectivity index (χ3v) is 6.44. The molecule has 0 unspecified atom stereocenters. The fourth-order valence-corrected chi connectivity index (χ4v) is 4.68. The lowest BCUT2D eigenvalue weighted by molar-refractivity contribution is -0.173. The van der Waals surface area contributed by atoms with Gasteiger partial charge < -0.3 is 4.84 Å². The monoisotopic (exact) mass is 460 g/mol. The van der Waals surface area contributed by atoms with Crippen LogP contribution in [0.1, 0.15) is 37.8 Å². The van der Waals surface area contributed by atoms with Gasteiger partial charge in [-0.25, -0.2) is 4.79 Å². The van der Waals surface area contributed by atoms with Crippen molar-refractivity contribution in [2.24, 2.45) is 5.92 Å². The Morgan fingerprint density at radius 3 is 2.09 bits per heavy atom. The van der Waals surface area contributed by atoms with Gasteiger partial charge in [0.2, 0.25) is 0 Å². The van der Waals surface area contributed by atoms with E-state index >= 15 is 0 Å². The molecule has 3 aromatic rings. The Bertz CT molecular complexity index is 1180. The molecule has 7 heteroatoms. The molecule has 33 heavy (non-hydrogen) atoms. The second kappa shape index (κ2) is 8.81. The number of likely N-dealkylation sites (tertiary alicyclic amines) is 1. The van der Waals surface area contributed by atoms with Gasteiger partial charge in [0.1, 0.15) is 0 Å². The summed E-state index contributed by atoms with van der Waals surface area (Å²) in [5.74, 6) is -2.54. The Balaban J connectivity index is 1.38. The lowest BCUT2D eigenvalue weighted by Gasteiger charge is -2.20. The highest BCUT2D eigenvalue weighted by atomic mass is 35.5. The molecule has 5 rings (SSSR count). The van der Waals surface area contributed by atoms with Gasteiger partial charge in [-0.2, -0.15) is 0 Å². The number of hydrogen-bond donors (Lipinski definition) is 0. The Morgan fingerprint density at radius 1 is 0.848 bits per heavy atom. The normalized spacial score (nSPS) is 20.2. The van der Waals surface area contributed by atoms with E-state index in [9.17, 15) is 14.4 Å².